The molecule has 0 saturated carbocycles. The van der Waals surface area contributed by atoms with E-state index in [1.54, 1.807) is 12.5 Å². The average Bonchev–Trinajstić information content (AvgIpc) is 3.00. The summed E-state index contributed by atoms with van der Waals surface area (Å²) in [6.07, 6.45) is 3.67. The number of anilines is 1. The number of urea groups is 1. The number of ether oxygens (including phenoxy) is 2. The molecule has 5 nitrogen and oxygen atoms in total. The Bertz CT molecular complexity index is 720. The van der Waals surface area contributed by atoms with Crippen LogP contribution in [0.2, 0.25) is 0 Å². The van der Waals surface area contributed by atoms with E-state index in [0.29, 0.717) is 13.0 Å². The van der Waals surface area contributed by atoms with E-state index in [4.69, 9.17) is 9.47 Å². The summed E-state index contributed by atoms with van der Waals surface area (Å²) < 4.78 is 10.9. The molecular formula is C19H20N2O3. The Morgan fingerprint density at radius 1 is 1.00 bits per heavy atom. The third-order valence-electron chi connectivity index (χ3n) is 3.70. The van der Waals surface area contributed by atoms with Gasteiger partial charge in [0.05, 0.1) is 0 Å². The zero-order valence-electron chi connectivity index (χ0n) is 13.5. The molecule has 2 aromatic rings. The van der Waals surface area contributed by atoms with Crippen LogP contribution < -0.4 is 10.6 Å². The van der Waals surface area contributed by atoms with Gasteiger partial charge in [-0.2, -0.15) is 0 Å². The Labute approximate surface area is 141 Å². The lowest BCUT2D eigenvalue weighted by molar-refractivity contribution is -0.124. The molecule has 0 aromatic heterocycles. The van der Waals surface area contributed by atoms with Gasteiger partial charge in [-0.3, -0.25) is 0 Å². The minimum absolute atomic E-state index is 0.239. The number of amides is 2. The zero-order valence-corrected chi connectivity index (χ0v) is 13.5. The SMILES string of the molecule is CC1(Cc2cccc(NC(=O)NCc3ccccc3)c2)OC=CO1. The maximum Gasteiger partial charge on any atom is 0.319 e. The van der Waals surface area contributed by atoms with Gasteiger partial charge in [0.2, 0.25) is 0 Å². The van der Waals surface area contributed by atoms with E-state index in [9.17, 15) is 4.79 Å². The van der Waals surface area contributed by atoms with Crippen molar-refractivity contribution in [3.05, 3.63) is 78.2 Å². The molecule has 0 spiro atoms. The van der Waals surface area contributed by atoms with E-state index < -0.39 is 5.79 Å². The minimum atomic E-state index is -0.686. The molecule has 2 aromatic carbocycles. The Kier molecular flexibility index (Phi) is 4.70. The molecule has 0 fully saturated rings. The molecule has 1 heterocycles. The fourth-order valence-electron chi connectivity index (χ4n) is 2.54. The summed E-state index contributed by atoms with van der Waals surface area (Å²) in [4.78, 5) is 12.0. The summed E-state index contributed by atoms with van der Waals surface area (Å²) >= 11 is 0. The summed E-state index contributed by atoms with van der Waals surface area (Å²) in [5.41, 5.74) is 2.80. The zero-order chi connectivity index (χ0) is 16.8. The van der Waals surface area contributed by atoms with Crippen LogP contribution in [0.3, 0.4) is 0 Å². The smallest absolute Gasteiger partial charge is 0.319 e. The normalized spacial score (nSPS) is 14.5. The van der Waals surface area contributed by atoms with Gasteiger partial charge >= 0.3 is 6.03 Å². The monoisotopic (exact) mass is 324 g/mol. The van der Waals surface area contributed by atoms with E-state index in [0.717, 1.165) is 16.8 Å². The van der Waals surface area contributed by atoms with Gasteiger partial charge in [-0.05, 0) is 23.3 Å². The molecule has 124 valence electrons. The number of carbonyl (C=O) groups is 1. The fraction of sp³-hybridized carbons (Fsp3) is 0.211. The first-order chi connectivity index (χ1) is 11.6. The first kappa shape index (κ1) is 15.9. The van der Waals surface area contributed by atoms with Crippen LogP contribution in [-0.2, 0) is 22.4 Å². The molecule has 2 N–H and O–H groups in total. The standard InChI is InChI=1S/C19H20N2O3/c1-19(23-10-11-24-19)13-16-8-5-9-17(12-16)21-18(22)20-14-15-6-3-2-4-7-15/h2-12H,13-14H2,1H3,(H2,20,21,22). The topological polar surface area (TPSA) is 59.6 Å². The molecule has 5 heteroatoms. The van der Waals surface area contributed by atoms with Crippen molar-refractivity contribution in [1.82, 2.24) is 5.32 Å². The molecule has 2 amide bonds. The Morgan fingerprint density at radius 3 is 2.46 bits per heavy atom. The predicted molar refractivity (Wildman–Crippen MR) is 92.2 cm³/mol. The van der Waals surface area contributed by atoms with Crippen LogP contribution in [0.4, 0.5) is 10.5 Å². The molecular weight excluding hydrogens is 304 g/mol. The molecule has 3 rings (SSSR count). The summed E-state index contributed by atoms with van der Waals surface area (Å²) in [6, 6.07) is 17.2. The van der Waals surface area contributed by atoms with Crippen LogP contribution in [0.1, 0.15) is 18.1 Å². The highest BCUT2D eigenvalue weighted by atomic mass is 16.7. The van der Waals surface area contributed by atoms with Gasteiger partial charge < -0.3 is 20.1 Å². The number of rotatable bonds is 5. The fourth-order valence-corrected chi connectivity index (χ4v) is 2.54. The lowest BCUT2D eigenvalue weighted by Crippen LogP contribution is -2.29. The summed E-state index contributed by atoms with van der Waals surface area (Å²) in [5, 5.41) is 5.68. The Hall–Kier alpha value is -2.95. The Balaban J connectivity index is 1.55. The van der Waals surface area contributed by atoms with E-state index in [1.807, 2.05) is 61.5 Å². The van der Waals surface area contributed by atoms with Gasteiger partial charge in [-0.25, -0.2) is 4.79 Å². The molecule has 24 heavy (non-hydrogen) atoms. The quantitative estimate of drug-likeness (QED) is 0.880. The first-order valence-electron chi connectivity index (χ1n) is 7.81. The molecule has 1 aliphatic heterocycles. The maximum absolute atomic E-state index is 12.0. The molecule has 0 unspecified atom stereocenters. The third kappa shape index (κ3) is 4.29. The summed E-state index contributed by atoms with van der Waals surface area (Å²) in [5.74, 6) is -0.686. The number of nitrogens with one attached hydrogen (secondary N) is 2. The van der Waals surface area contributed by atoms with Crippen LogP contribution in [0, 0.1) is 0 Å². The van der Waals surface area contributed by atoms with E-state index in [2.05, 4.69) is 10.6 Å². The van der Waals surface area contributed by atoms with Crippen LogP contribution in [0.5, 0.6) is 0 Å². The van der Waals surface area contributed by atoms with Gasteiger partial charge in [0.25, 0.3) is 5.79 Å². The molecule has 0 aliphatic carbocycles. The van der Waals surface area contributed by atoms with Crippen LogP contribution in [-0.4, -0.2) is 11.8 Å². The number of benzene rings is 2. The highest BCUT2D eigenvalue weighted by Gasteiger charge is 2.29. The van der Waals surface area contributed by atoms with Crippen LogP contribution in [0.25, 0.3) is 0 Å². The lowest BCUT2D eigenvalue weighted by Gasteiger charge is -2.23. The molecule has 0 saturated heterocycles. The number of hydrogen-bond acceptors (Lipinski definition) is 3. The average molecular weight is 324 g/mol. The van der Waals surface area contributed by atoms with Crippen molar-refractivity contribution in [2.75, 3.05) is 5.32 Å². The van der Waals surface area contributed by atoms with Crippen molar-refractivity contribution in [1.29, 1.82) is 0 Å². The summed E-state index contributed by atoms with van der Waals surface area (Å²) in [6.45, 7) is 2.36. The lowest BCUT2D eigenvalue weighted by atomic mass is 10.1. The van der Waals surface area contributed by atoms with Gasteiger partial charge in [0.15, 0.2) is 0 Å². The number of hydrogen-bond donors (Lipinski definition) is 2. The van der Waals surface area contributed by atoms with Crippen molar-refractivity contribution in [2.24, 2.45) is 0 Å². The highest BCUT2D eigenvalue weighted by Crippen LogP contribution is 2.25. The second-order valence-corrected chi connectivity index (χ2v) is 5.81. The molecule has 0 bridgehead atoms. The predicted octanol–water partition coefficient (Wildman–Crippen LogP) is 3.79. The molecule has 0 radical (unpaired) electrons. The van der Waals surface area contributed by atoms with Gasteiger partial charge in [0, 0.05) is 25.6 Å². The summed E-state index contributed by atoms with van der Waals surface area (Å²) in [7, 11) is 0. The highest BCUT2D eigenvalue weighted by molar-refractivity contribution is 5.89. The van der Waals surface area contributed by atoms with Crippen LogP contribution >= 0.6 is 0 Å². The van der Waals surface area contributed by atoms with E-state index >= 15 is 0 Å². The van der Waals surface area contributed by atoms with Crippen molar-refractivity contribution in [3.63, 3.8) is 0 Å². The molecule has 0 atom stereocenters. The third-order valence-corrected chi connectivity index (χ3v) is 3.70. The number of carbonyl (C=O) groups excluding carboxylic acids is 1. The first-order valence-corrected chi connectivity index (χ1v) is 7.81. The second-order valence-electron chi connectivity index (χ2n) is 5.81. The van der Waals surface area contributed by atoms with Gasteiger partial charge in [-0.15, -0.1) is 0 Å². The minimum Gasteiger partial charge on any atom is -0.457 e. The van der Waals surface area contributed by atoms with Crippen LogP contribution in [0.15, 0.2) is 67.1 Å². The van der Waals surface area contributed by atoms with E-state index in [1.165, 1.54) is 0 Å². The van der Waals surface area contributed by atoms with Gasteiger partial charge in [-0.1, -0.05) is 42.5 Å². The van der Waals surface area contributed by atoms with Crippen molar-refractivity contribution in [2.45, 2.75) is 25.7 Å². The molecule has 1 aliphatic rings. The van der Waals surface area contributed by atoms with Gasteiger partial charge in [0.1, 0.15) is 12.5 Å². The largest absolute Gasteiger partial charge is 0.457 e. The van der Waals surface area contributed by atoms with E-state index in [-0.39, 0.29) is 6.03 Å². The van der Waals surface area contributed by atoms with Crippen molar-refractivity contribution >= 4 is 11.7 Å². The van der Waals surface area contributed by atoms with Crippen molar-refractivity contribution < 1.29 is 14.3 Å². The maximum atomic E-state index is 12.0. The Morgan fingerprint density at radius 2 is 1.71 bits per heavy atom. The second kappa shape index (κ2) is 7.08. The van der Waals surface area contributed by atoms with Crippen molar-refractivity contribution in [3.8, 4) is 0 Å².